The molecule has 0 aliphatic heterocycles. The number of rotatable bonds is 3. The molecule has 1 nitrogen and oxygen atoms in total. The molecule has 4 unspecified atom stereocenters. The Hall–Kier alpha value is -0.330. The minimum absolute atomic E-state index is 0.355. The minimum Gasteiger partial charge on any atom is -0.299 e. The predicted molar refractivity (Wildman–Crippen MR) is 60.1 cm³/mol. The third-order valence-electron chi connectivity index (χ3n) is 4.13. The first-order valence-electron chi connectivity index (χ1n) is 6.09. The zero-order valence-electron chi connectivity index (χ0n) is 10.0. The molecule has 1 fully saturated rings. The van der Waals surface area contributed by atoms with E-state index in [-0.39, 0.29) is 0 Å². The van der Waals surface area contributed by atoms with Gasteiger partial charge in [0.25, 0.3) is 0 Å². The molecule has 0 amide bonds. The van der Waals surface area contributed by atoms with Crippen LogP contribution in [0.3, 0.4) is 0 Å². The van der Waals surface area contributed by atoms with Crippen LogP contribution in [-0.2, 0) is 4.79 Å². The van der Waals surface area contributed by atoms with Gasteiger partial charge in [-0.1, -0.05) is 34.1 Å². The first-order chi connectivity index (χ1) is 6.56. The van der Waals surface area contributed by atoms with Crippen molar-refractivity contribution in [1.82, 2.24) is 0 Å². The van der Waals surface area contributed by atoms with E-state index in [0.29, 0.717) is 23.5 Å². The Kier molecular flexibility index (Phi) is 4.15. The highest BCUT2D eigenvalue weighted by Gasteiger charge is 2.32. The second-order valence-corrected chi connectivity index (χ2v) is 5.20. The molecule has 0 spiro atoms. The number of ketones is 1. The summed E-state index contributed by atoms with van der Waals surface area (Å²) in [6.07, 6.45) is 4.26. The highest BCUT2D eigenvalue weighted by Crippen LogP contribution is 2.35. The summed E-state index contributed by atoms with van der Waals surface area (Å²) in [4.78, 5) is 11.8. The molecule has 0 N–H and O–H groups in total. The Morgan fingerprint density at radius 3 is 2.64 bits per heavy atom. The van der Waals surface area contributed by atoms with Gasteiger partial charge in [-0.3, -0.25) is 4.79 Å². The highest BCUT2D eigenvalue weighted by molar-refractivity contribution is 5.82. The molecule has 0 heterocycles. The third-order valence-corrected chi connectivity index (χ3v) is 4.13. The Bertz CT molecular complexity index is 197. The second kappa shape index (κ2) is 4.95. The van der Waals surface area contributed by atoms with Crippen LogP contribution in [0, 0.1) is 23.7 Å². The maximum absolute atomic E-state index is 11.8. The maximum Gasteiger partial charge on any atom is 0.136 e. The van der Waals surface area contributed by atoms with Gasteiger partial charge in [0.05, 0.1) is 0 Å². The van der Waals surface area contributed by atoms with E-state index in [9.17, 15) is 4.79 Å². The Morgan fingerprint density at radius 1 is 1.43 bits per heavy atom. The largest absolute Gasteiger partial charge is 0.299 e. The van der Waals surface area contributed by atoms with Crippen molar-refractivity contribution in [3.05, 3.63) is 0 Å². The Balaban J connectivity index is 2.59. The average molecular weight is 196 g/mol. The maximum atomic E-state index is 11.8. The topological polar surface area (TPSA) is 17.1 Å². The van der Waals surface area contributed by atoms with Crippen molar-refractivity contribution in [1.29, 1.82) is 0 Å². The number of Topliss-reactive ketones (excluding diaryl/α,β-unsaturated/α-hetero) is 1. The molecule has 1 aliphatic rings. The molecule has 4 atom stereocenters. The minimum atomic E-state index is 0.355. The molecular formula is C13H24O. The molecule has 0 radical (unpaired) electrons. The summed E-state index contributed by atoms with van der Waals surface area (Å²) in [5.41, 5.74) is 0. The molecule has 0 aromatic heterocycles. The van der Waals surface area contributed by atoms with E-state index in [0.717, 1.165) is 25.2 Å². The Labute approximate surface area is 88.3 Å². The van der Waals surface area contributed by atoms with Crippen LogP contribution in [0.5, 0.6) is 0 Å². The van der Waals surface area contributed by atoms with E-state index in [2.05, 4.69) is 27.7 Å². The van der Waals surface area contributed by atoms with E-state index in [1.54, 1.807) is 0 Å². The van der Waals surface area contributed by atoms with Gasteiger partial charge in [0.15, 0.2) is 0 Å². The molecule has 14 heavy (non-hydrogen) atoms. The van der Waals surface area contributed by atoms with E-state index < -0.39 is 0 Å². The monoisotopic (exact) mass is 196 g/mol. The van der Waals surface area contributed by atoms with Gasteiger partial charge in [0.1, 0.15) is 5.78 Å². The quantitative estimate of drug-likeness (QED) is 0.673. The van der Waals surface area contributed by atoms with Crippen LogP contribution in [0.15, 0.2) is 0 Å². The normalized spacial score (nSPS) is 32.7. The molecule has 1 aliphatic carbocycles. The fourth-order valence-electron chi connectivity index (χ4n) is 2.53. The first-order valence-corrected chi connectivity index (χ1v) is 6.09. The first kappa shape index (κ1) is 11.7. The molecule has 0 aromatic carbocycles. The van der Waals surface area contributed by atoms with Gasteiger partial charge in [-0.25, -0.2) is 0 Å². The lowest BCUT2D eigenvalue weighted by atomic mass is 9.71. The standard InChI is InChI=1S/C13H24O/c1-5-10(3)11(4)12-8-9(2)6-7-13(12)14/h9-12H,5-8H2,1-4H3. The third kappa shape index (κ3) is 2.59. The van der Waals surface area contributed by atoms with Gasteiger partial charge in [0.2, 0.25) is 0 Å². The number of hydrogen-bond acceptors (Lipinski definition) is 1. The second-order valence-electron chi connectivity index (χ2n) is 5.20. The van der Waals surface area contributed by atoms with Gasteiger partial charge in [0, 0.05) is 12.3 Å². The average Bonchev–Trinajstić information content (AvgIpc) is 2.19. The van der Waals surface area contributed by atoms with Crippen LogP contribution in [0.1, 0.15) is 53.4 Å². The lowest BCUT2D eigenvalue weighted by Gasteiger charge is -2.33. The fraction of sp³-hybridized carbons (Fsp3) is 0.923. The molecule has 1 rings (SSSR count). The predicted octanol–water partition coefficient (Wildman–Crippen LogP) is 3.67. The summed E-state index contributed by atoms with van der Waals surface area (Å²) in [5, 5.41) is 0. The number of hydrogen-bond donors (Lipinski definition) is 0. The molecule has 0 bridgehead atoms. The molecule has 0 saturated heterocycles. The smallest absolute Gasteiger partial charge is 0.136 e. The van der Waals surface area contributed by atoms with Crippen LogP contribution in [-0.4, -0.2) is 5.78 Å². The zero-order valence-corrected chi connectivity index (χ0v) is 10.0. The summed E-state index contributed by atoms with van der Waals surface area (Å²) in [7, 11) is 0. The van der Waals surface area contributed by atoms with E-state index in [4.69, 9.17) is 0 Å². The highest BCUT2D eigenvalue weighted by atomic mass is 16.1. The van der Waals surface area contributed by atoms with Crippen molar-refractivity contribution in [3.8, 4) is 0 Å². The summed E-state index contributed by atoms with van der Waals surface area (Å²) < 4.78 is 0. The van der Waals surface area contributed by atoms with Gasteiger partial charge >= 0.3 is 0 Å². The molecular weight excluding hydrogens is 172 g/mol. The number of carbonyl (C=O) groups excluding carboxylic acids is 1. The SMILES string of the molecule is CCC(C)C(C)C1CC(C)CCC1=O. The van der Waals surface area contributed by atoms with Gasteiger partial charge in [-0.2, -0.15) is 0 Å². The van der Waals surface area contributed by atoms with E-state index in [1.807, 2.05) is 0 Å². The van der Waals surface area contributed by atoms with Gasteiger partial charge < -0.3 is 0 Å². The summed E-state index contributed by atoms with van der Waals surface area (Å²) in [6, 6.07) is 0. The van der Waals surface area contributed by atoms with Crippen molar-refractivity contribution in [2.24, 2.45) is 23.7 Å². The summed E-state index contributed by atoms with van der Waals surface area (Å²) in [6.45, 7) is 9.03. The number of carbonyl (C=O) groups is 1. The fourth-order valence-corrected chi connectivity index (χ4v) is 2.53. The molecule has 0 aromatic rings. The van der Waals surface area contributed by atoms with Crippen molar-refractivity contribution in [2.45, 2.75) is 53.4 Å². The zero-order chi connectivity index (χ0) is 10.7. The van der Waals surface area contributed by atoms with Crippen LogP contribution >= 0.6 is 0 Å². The molecule has 1 saturated carbocycles. The van der Waals surface area contributed by atoms with Gasteiger partial charge in [-0.05, 0) is 30.6 Å². The summed E-state index contributed by atoms with van der Waals surface area (Å²) in [5.74, 6) is 2.90. The van der Waals surface area contributed by atoms with Crippen molar-refractivity contribution in [3.63, 3.8) is 0 Å². The molecule has 82 valence electrons. The van der Waals surface area contributed by atoms with Crippen LogP contribution in [0.2, 0.25) is 0 Å². The lowest BCUT2D eigenvalue weighted by molar-refractivity contribution is -0.128. The summed E-state index contributed by atoms with van der Waals surface area (Å²) >= 11 is 0. The van der Waals surface area contributed by atoms with Crippen LogP contribution in [0.25, 0.3) is 0 Å². The molecule has 1 heteroatoms. The van der Waals surface area contributed by atoms with Crippen molar-refractivity contribution >= 4 is 5.78 Å². The van der Waals surface area contributed by atoms with Crippen LogP contribution < -0.4 is 0 Å². The van der Waals surface area contributed by atoms with Crippen LogP contribution in [0.4, 0.5) is 0 Å². The lowest BCUT2D eigenvalue weighted by Crippen LogP contribution is -2.31. The Morgan fingerprint density at radius 2 is 2.07 bits per heavy atom. The van der Waals surface area contributed by atoms with Crippen molar-refractivity contribution in [2.75, 3.05) is 0 Å². The van der Waals surface area contributed by atoms with Crippen molar-refractivity contribution < 1.29 is 4.79 Å². The van der Waals surface area contributed by atoms with E-state index in [1.165, 1.54) is 6.42 Å². The van der Waals surface area contributed by atoms with E-state index >= 15 is 0 Å². The van der Waals surface area contributed by atoms with Gasteiger partial charge in [-0.15, -0.1) is 0 Å².